The van der Waals surface area contributed by atoms with Crippen LogP contribution in [0.3, 0.4) is 0 Å². The highest BCUT2D eigenvalue weighted by atomic mass is 32.2. The molecule has 0 N–H and O–H groups in total. The van der Waals surface area contributed by atoms with E-state index in [1.807, 2.05) is 53.9 Å². The van der Waals surface area contributed by atoms with E-state index in [2.05, 4.69) is 531 Å². The van der Waals surface area contributed by atoms with Gasteiger partial charge in [0.25, 0.3) is 0 Å². The van der Waals surface area contributed by atoms with Crippen molar-refractivity contribution in [3.05, 3.63) is 540 Å². The molecule has 748 valence electrons. The second-order valence-electron chi connectivity index (χ2n) is 40.4. The Morgan fingerprint density at radius 3 is 0.774 bits per heavy atom. The number of hydrogen-bond acceptors (Lipinski definition) is 4. The first-order chi connectivity index (χ1) is 69.6. The Morgan fingerprint density at radius 1 is 0.158 bits per heavy atom. The number of hydrogen-bond donors (Lipinski definition) is 0. The molecular weight excluding hydrogens is 1800 g/mol. The average Bonchev–Trinajstić information content (AvgIpc) is 0.761. The Kier molecular flexibility index (Phi) is 41.2. The van der Waals surface area contributed by atoms with Crippen molar-refractivity contribution < 1.29 is 9.47 Å². The van der Waals surface area contributed by atoms with Gasteiger partial charge in [0, 0.05) is 19.6 Å². The molecule has 18 aromatic carbocycles. The fraction of sp³-hybridized carbons (Fsp3) is 0.239. The summed E-state index contributed by atoms with van der Waals surface area (Å²) in [7, 11) is 0. The summed E-state index contributed by atoms with van der Waals surface area (Å²) in [5.41, 5.74) is 59.1. The van der Waals surface area contributed by atoms with Crippen molar-refractivity contribution >= 4 is 23.5 Å². The summed E-state index contributed by atoms with van der Waals surface area (Å²) in [5.74, 6) is 3.64. The zero-order chi connectivity index (χ0) is 106. The zero-order valence-corrected chi connectivity index (χ0v) is 95.0. The maximum atomic E-state index is 5.93. The van der Waals surface area contributed by atoms with Crippen LogP contribution in [0.2, 0.25) is 0 Å². The molecular formula is C142H156O2S2. The molecule has 0 bridgehead atoms. The summed E-state index contributed by atoms with van der Waals surface area (Å²) in [6.45, 7) is 69.2. The second-order valence-corrected chi connectivity index (χ2v) is 42.7. The second kappa shape index (κ2) is 53.4. The van der Waals surface area contributed by atoms with Crippen LogP contribution >= 0.6 is 23.5 Å². The highest BCUT2D eigenvalue weighted by Crippen LogP contribution is 2.41. The molecule has 4 heteroatoms. The molecule has 0 aliphatic heterocycles. The van der Waals surface area contributed by atoms with Crippen molar-refractivity contribution in [2.24, 2.45) is 0 Å². The third kappa shape index (κ3) is 31.9. The molecule has 18 rings (SSSR count). The summed E-state index contributed by atoms with van der Waals surface area (Å²) in [5, 5.41) is 0. The molecule has 0 unspecified atom stereocenters. The van der Waals surface area contributed by atoms with Gasteiger partial charge in [0.15, 0.2) is 0 Å². The van der Waals surface area contributed by atoms with Gasteiger partial charge in [-0.2, -0.15) is 0 Å². The maximum Gasteiger partial charge on any atom is 0.130 e. The number of aryl methyl sites for hydroxylation is 25. The van der Waals surface area contributed by atoms with E-state index in [0.29, 0.717) is 0 Å². The summed E-state index contributed by atoms with van der Waals surface area (Å²) in [4.78, 5) is 5.31. The molecule has 0 amide bonds. The fourth-order valence-electron chi connectivity index (χ4n) is 17.1. The van der Waals surface area contributed by atoms with Crippen molar-refractivity contribution in [3.8, 4) is 67.5 Å². The molecule has 0 saturated heterocycles. The SMILES string of the molecule is Cc1c(C)c(-c2ccccc2)c(C)c(C)c1-c1ccccc1.Cc1ccc(-c2ccc(-c3ccc(C)c(C)c3)cc2)cc1C.Cc1ccc(Cc2ccc(C)c(C)c2)cc1C.Cc1ccc(Cc2cccc(C)c2C)cc1C.Cc1ccc(Oc2ccc(C)c(C)c2)cc1C.Cc1ccc(Oc2cccc(C)c2C)cc1C.Cc1ccc(Sc2ccc(C)c(C)c2)cc1C.Cc1ccc(Sc2cccc(C)c2C)cc1C. The lowest BCUT2D eigenvalue weighted by Crippen LogP contribution is -1.99. The van der Waals surface area contributed by atoms with Gasteiger partial charge in [-0.05, 0) is 564 Å². The first-order valence-corrected chi connectivity index (χ1v) is 53.2. The smallest absolute Gasteiger partial charge is 0.130 e. The maximum absolute atomic E-state index is 5.93. The molecule has 0 fully saturated rings. The predicted molar refractivity (Wildman–Crippen MR) is 638 cm³/mol. The van der Waals surface area contributed by atoms with Crippen LogP contribution in [0.25, 0.3) is 44.5 Å². The molecule has 2 nitrogen and oxygen atoms in total. The number of ether oxygens (including phenoxy) is 2. The monoisotopic (exact) mass is 1960 g/mol. The van der Waals surface area contributed by atoms with Gasteiger partial charge in [-0.1, -0.05) is 278 Å². The van der Waals surface area contributed by atoms with Crippen LogP contribution in [0.15, 0.2) is 359 Å². The molecule has 0 spiro atoms. The van der Waals surface area contributed by atoms with E-state index in [4.69, 9.17) is 9.47 Å². The lowest BCUT2D eigenvalue weighted by atomic mass is 9.83. The van der Waals surface area contributed by atoms with Gasteiger partial charge in [0.1, 0.15) is 23.0 Å². The summed E-state index contributed by atoms with van der Waals surface area (Å²) < 4.78 is 11.8. The van der Waals surface area contributed by atoms with E-state index in [1.165, 1.54) is 264 Å². The molecule has 0 heterocycles. The number of rotatable bonds is 16. The third-order valence-electron chi connectivity index (χ3n) is 29.5. The van der Waals surface area contributed by atoms with E-state index in [-0.39, 0.29) is 0 Å². The lowest BCUT2D eigenvalue weighted by molar-refractivity contribution is 0.478. The largest absolute Gasteiger partial charge is 0.457 e. The van der Waals surface area contributed by atoms with Gasteiger partial charge >= 0.3 is 0 Å². The third-order valence-corrected chi connectivity index (χ3v) is 31.6. The van der Waals surface area contributed by atoms with Crippen LogP contribution in [0, 0.1) is 222 Å². The molecule has 146 heavy (non-hydrogen) atoms. The Balaban J connectivity index is 0.000000159. The Labute approximate surface area is 887 Å². The van der Waals surface area contributed by atoms with Crippen LogP contribution in [0.5, 0.6) is 23.0 Å². The van der Waals surface area contributed by atoms with E-state index in [0.717, 1.165) is 35.8 Å². The molecule has 0 aliphatic carbocycles. The minimum absolute atomic E-state index is 0.899. The zero-order valence-electron chi connectivity index (χ0n) is 93.4. The van der Waals surface area contributed by atoms with E-state index >= 15 is 0 Å². The van der Waals surface area contributed by atoms with Crippen molar-refractivity contribution in [1.82, 2.24) is 0 Å². The summed E-state index contributed by atoms with van der Waals surface area (Å²) in [6.07, 6.45) is 2.07. The van der Waals surface area contributed by atoms with Crippen molar-refractivity contribution in [1.29, 1.82) is 0 Å². The first kappa shape index (κ1) is 113. The molecule has 18 aromatic rings. The Morgan fingerprint density at radius 2 is 0.432 bits per heavy atom. The minimum Gasteiger partial charge on any atom is -0.457 e. The van der Waals surface area contributed by atoms with E-state index < -0.39 is 0 Å². The van der Waals surface area contributed by atoms with Crippen LogP contribution in [0.4, 0.5) is 0 Å². The van der Waals surface area contributed by atoms with Crippen molar-refractivity contribution in [2.45, 2.75) is 254 Å². The van der Waals surface area contributed by atoms with Gasteiger partial charge in [-0.15, -0.1) is 0 Å². The fourth-order valence-corrected chi connectivity index (χ4v) is 19.2. The highest BCUT2D eigenvalue weighted by molar-refractivity contribution is 7.99. The van der Waals surface area contributed by atoms with E-state index in [1.54, 1.807) is 0 Å². The Bertz CT molecular complexity index is 6710. The predicted octanol–water partition coefficient (Wildman–Crippen LogP) is 41.1. The van der Waals surface area contributed by atoms with E-state index in [9.17, 15) is 0 Å². The standard InChI is InChI=1S/2C22H22.2C17H20.2C16H18O.2C16H18S/c1-15-5-7-21(13-17(15)3)19-9-11-20(12-10-19)22-8-6-16(2)18(4)14-22;1-15-16(2)22(20-13-9-6-10-14-20)18(4)17(3)21(15)19-11-7-5-8-12-19;1-12-5-7-16(9-14(12)3)11-17-8-6-13(2)15(4)10-17;1-12-8-9-16(10-14(12)3)11-17-7-5-6-13(2)15(17)4;1-11-5-7-15(9-13(11)3)17-16-8-6-12(2)14(4)10-16;1-11-8-9-15(10-13(11)3)17-16-7-5-6-12(2)14(16)4;1-11-5-7-15(9-13(11)3)17-16-8-6-12(2)14(4)10-16;1-11-8-9-15(10-13(11)3)17-16-7-5-6-12(2)14(16)4/h2*5-14H,1-4H3;2*5-10H,11H2,1-4H3;4*5-10H,1-4H3. The molecule has 0 aromatic heterocycles. The van der Waals surface area contributed by atoms with Crippen LogP contribution in [0.1, 0.15) is 200 Å². The van der Waals surface area contributed by atoms with Crippen LogP contribution < -0.4 is 9.47 Å². The highest BCUT2D eigenvalue weighted by Gasteiger charge is 2.19. The van der Waals surface area contributed by atoms with Gasteiger partial charge in [-0.3, -0.25) is 0 Å². The van der Waals surface area contributed by atoms with Crippen LogP contribution in [-0.2, 0) is 12.8 Å². The Hall–Kier alpha value is -13.7. The lowest BCUT2D eigenvalue weighted by Gasteiger charge is -2.21. The molecule has 0 saturated carbocycles. The van der Waals surface area contributed by atoms with Gasteiger partial charge in [0.05, 0.1) is 0 Å². The van der Waals surface area contributed by atoms with Crippen molar-refractivity contribution in [3.63, 3.8) is 0 Å². The van der Waals surface area contributed by atoms with Gasteiger partial charge < -0.3 is 9.47 Å². The normalized spacial score (nSPS) is 10.6. The minimum atomic E-state index is 0.899. The molecule has 0 atom stereocenters. The topological polar surface area (TPSA) is 18.5 Å². The van der Waals surface area contributed by atoms with Crippen LogP contribution in [-0.4, -0.2) is 0 Å². The quantitative estimate of drug-likeness (QED) is 0.0959. The summed E-state index contributed by atoms with van der Waals surface area (Å²) >= 11 is 3.68. The number of benzene rings is 18. The molecule has 0 radical (unpaired) electrons. The van der Waals surface area contributed by atoms with Gasteiger partial charge in [0.2, 0.25) is 0 Å². The molecule has 0 aliphatic rings. The summed E-state index contributed by atoms with van der Waals surface area (Å²) in [6, 6.07) is 122. The first-order valence-electron chi connectivity index (χ1n) is 51.5. The average molecular weight is 1960 g/mol. The van der Waals surface area contributed by atoms with Crippen molar-refractivity contribution in [2.75, 3.05) is 0 Å². The van der Waals surface area contributed by atoms with Gasteiger partial charge in [-0.25, -0.2) is 0 Å².